The quantitative estimate of drug-likeness (QED) is 0.724. The molecule has 0 radical (unpaired) electrons. The zero-order chi connectivity index (χ0) is 12.5. The molecule has 0 aromatic carbocycles. The van der Waals surface area contributed by atoms with Crippen LogP contribution in [0.5, 0.6) is 0 Å². The summed E-state index contributed by atoms with van der Waals surface area (Å²) < 4.78 is 10.1. The lowest BCUT2D eigenvalue weighted by Crippen LogP contribution is -2.27. The van der Waals surface area contributed by atoms with Crippen molar-refractivity contribution in [1.29, 1.82) is 0 Å². The first-order chi connectivity index (χ1) is 8.24. The molecule has 1 N–H and O–H groups in total. The molecule has 4 nitrogen and oxygen atoms in total. The topological polar surface area (TPSA) is 47.6 Å². The van der Waals surface area contributed by atoms with Gasteiger partial charge in [0, 0.05) is 18.4 Å². The van der Waals surface area contributed by atoms with Crippen LogP contribution in [0.3, 0.4) is 0 Å². The molecule has 0 unspecified atom stereocenters. The maximum absolute atomic E-state index is 11.6. The summed E-state index contributed by atoms with van der Waals surface area (Å²) in [4.78, 5) is 12.7. The summed E-state index contributed by atoms with van der Waals surface area (Å²) in [6, 6.07) is 4.07. The van der Waals surface area contributed by atoms with E-state index < -0.39 is 0 Å². The third-order valence-electron chi connectivity index (χ3n) is 2.25. The Morgan fingerprint density at radius 3 is 2.94 bits per heavy atom. The molecule has 0 bridgehead atoms. The second-order valence-electron chi connectivity index (χ2n) is 3.66. The van der Waals surface area contributed by atoms with E-state index >= 15 is 0 Å². The van der Waals surface area contributed by atoms with Crippen LogP contribution >= 0.6 is 11.3 Å². The van der Waals surface area contributed by atoms with Gasteiger partial charge in [0.05, 0.1) is 25.9 Å². The molecular weight excluding hydrogens is 238 g/mol. The second-order valence-corrected chi connectivity index (χ2v) is 4.64. The average molecular weight is 257 g/mol. The molecule has 1 aromatic rings. The van der Waals surface area contributed by atoms with Crippen LogP contribution < -0.4 is 5.32 Å². The molecule has 17 heavy (non-hydrogen) atoms. The summed E-state index contributed by atoms with van der Waals surface area (Å²) in [5.74, 6) is 0.0170. The van der Waals surface area contributed by atoms with Gasteiger partial charge in [-0.1, -0.05) is 6.07 Å². The molecule has 1 amide bonds. The molecule has 0 aliphatic rings. The molecule has 0 fully saturated rings. The van der Waals surface area contributed by atoms with Crippen LogP contribution in [0.25, 0.3) is 0 Å². The molecule has 1 heterocycles. The first-order valence-corrected chi connectivity index (χ1v) is 6.51. The van der Waals surface area contributed by atoms with Crippen molar-refractivity contribution in [2.24, 2.45) is 0 Å². The van der Waals surface area contributed by atoms with Crippen molar-refractivity contribution in [3.05, 3.63) is 22.4 Å². The van der Waals surface area contributed by atoms with Gasteiger partial charge in [-0.15, -0.1) is 11.3 Å². The highest BCUT2D eigenvalue weighted by atomic mass is 32.1. The highest BCUT2D eigenvalue weighted by Gasteiger charge is 2.09. The Bertz CT molecular complexity index is 314. The number of carbonyl (C=O) groups excluding carboxylic acids is 1. The molecule has 0 aliphatic heterocycles. The molecule has 96 valence electrons. The fraction of sp³-hybridized carbons (Fsp3) is 0.583. The standard InChI is InChI=1S/C12H19NO3S/c1-10(11-4-3-9-17-11)13-12(14)5-6-16-8-7-15-2/h3-4,9-10H,5-8H2,1-2H3,(H,13,14)/t10-/m0/s1. The zero-order valence-corrected chi connectivity index (χ0v) is 11.1. The van der Waals surface area contributed by atoms with E-state index in [1.165, 1.54) is 4.88 Å². The van der Waals surface area contributed by atoms with E-state index in [0.717, 1.165) is 0 Å². The van der Waals surface area contributed by atoms with E-state index in [9.17, 15) is 4.79 Å². The summed E-state index contributed by atoms with van der Waals surface area (Å²) in [5, 5.41) is 4.94. The van der Waals surface area contributed by atoms with E-state index in [0.29, 0.717) is 26.2 Å². The maximum atomic E-state index is 11.6. The lowest BCUT2D eigenvalue weighted by molar-refractivity contribution is -0.122. The van der Waals surface area contributed by atoms with Crippen LogP contribution in [0.1, 0.15) is 24.3 Å². The third-order valence-corrected chi connectivity index (χ3v) is 3.31. The Kier molecular flexibility index (Phi) is 6.84. The fourth-order valence-corrected chi connectivity index (χ4v) is 2.07. The number of thiophene rings is 1. The van der Waals surface area contributed by atoms with Gasteiger partial charge >= 0.3 is 0 Å². The Hall–Kier alpha value is -0.910. The number of methoxy groups -OCH3 is 1. The van der Waals surface area contributed by atoms with Gasteiger partial charge in [0.1, 0.15) is 0 Å². The van der Waals surface area contributed by atoms with Crippen LogP contribution in [0.15, 0.2) is 17.5 Å². The predicted octanol–water partition coefficient (Wildman–Crippen LogP) is 1.98. The van der Waals surface area contributed by atoms with Crippen molar-refractivity contribution in [2.45, 2.75) is 19.4 Å². The van der Waals surface area contributed by atoms with Crippen molar-refractivity contribution in [3.8, 4) is 0 Å². The molecule has 0 saturated heterocycles. The molecule has 1 aromatic heterocycles. The van der Waals surface area contributed by atoms with Gasteiger partial charge in [0.2, 0.25) is 5.91 Å². The SMILES string of the molecule is COCCOCCC(=O)N[C@@H](C)c1cccs1. The number of carbonyl (C=O) groups is 1. The van der Waals surface area contributed by atoms with Gasteiger partial charge in [-0.05, 0) is 18.4 Å². The summed E-state index contributed by atoms with van der Waals surface area (Å²) >= 11 is 1.65. The van der Waals surface area contributed by atoms with E-state index in [4.69, 9.17) is 9.47 Å². The Morgan fingerprint density at radius 1 is 1.47 bits per heavy atom. The number of ether oxygens (including phenoxy) is 2. The van der Waals surface area contributed by atoms with Gasteiger partial charge in [-0.25, -0.2) is 0 Å². The normalized spacial score (nSPS) is 12.4. The van der Waals surface area contributed by atoms with Crippen molar-refractivity contribution in [3.63, 3.8) is 0 Å². The molecule has 0 saturated carbocycles. The minimum Gasteiger partial charge on any atom is -0.382 e. The lowest BCUT2D eigenvalue weighted by Gasteiger charge is -2.12. The smallest absolute Gasteiger partial charge is 0.222 e. The number of amides is 1. The van der Waals surface area contributed by atoms with Crippen LogP contribution in [-0.2, 0) is 14.3 Å². The van der Waals surface area contributed by atoms with Gasteiger partial charge in [0.25, 0.3) is 0 Å². The van der Waals surface area contributed by atoms with E-state index in [-0.39, 0.29) is 11.9 Å². The van der Waals surface area contributed by atoms with Crippen LogP contribution in [-0.4, -0.2) is 32.8 Å². The predicted molar refractivity (Wildman–Crippen MR) is 68.2 cm³/mol. The number of rotatable bonds is 8. The molecule has 5 heteroatoms. The number of hydrogen-bond acceptors (Lipinski definition) is 4. The minimum atomic E-state index is 0.0170. The average Bonchev–Trinajstić information content (AvgIpc) is 2.82. The maximum Gasteiger partial charge on any atom is 0.222 e. The zero-order valence-electron chi connectivity index (χ0n) is 10.3. The van der Waals surface area contributed by atoms with Gasteiger partial charge in [0.15, 0.2) is 0 Å². The first-order valence-electron chi connectivity index (χ1n) is 5.63. The Labute approximate surface area is 106 Å². The molecule has 0 aliphatic carbocycles. The third kappa shape index (κ3) is 5.81. The van der Waals surface area contributed by atoms with Crippen LogP contribution in [0.2, 0.25) is 0 Å². The van der Waals surface area contributed by atoms with Crippen molar-refractivity contribution in [1.82, 2.24) is 5.32 Å². The van der Waals surface area contributed by atoms with Gasteiger partial charge in [-0.2, -0.15) is 0 Å². The van der Waals surface area contributed by atoms with Crippen molar-refractivity contribution in [2.75, 3.05) is 26.9 Å². The Balaban J connectivity index is 2.12. The molecule has 1 rings (SSSR count). The lowest BCUT2D eigenvalue weighted by atomic mass is 10.2. The van der Waals surface area contributed by atoms with Gasteiger partial charge < -0.3 is 14.8 Å². The Morgan fingerprint density at radius 2 is 2.29 bits per heavy atom. The fourth-order valence-electron chi connectivity index (χ4n) is 1.33. The van der Waals surface area contributed by atoms with E-state index in [1.54, 1.807) is 18.4 Å². The number of hydrogen-bond donors (Lipinski definition) is 1. The van der Waals surface area contributed by atoms with Crippen molar-refractivity contribution < 1.29 is 14.3 Å². The van der Waals surface area contributed by atoms with E-state index in [1.807, 2.05) is 24.4 Å². The summed E-state index contributed by atoms with van der Waals surface area (Å²) in [7, 11) is 1.62. The summed E-state index contributed by atoms with van der Waals surface area (Å²) in [6.45, 7) is 3.51. The highest BCUT2D eigenvalue weighted by Crippen LogP contribution is 2.17. The largest absolute Gasteiger partial charge is 0.382 e. The van der Waals surface area contributed by atoms with Gasteiger partial charge in [-0.3, -0.25) is 4.79 Å². The second kappa shape index (κ2) is 8.22. The van der Waals surface area contributed by atoms with Crippen molar-refractivity contribution >= 4 is 17.2 Å². The molecule has 1 atom stereocenters. The van der Waals surface area contributed by atoms with Crippen LogP contribution in [0.4, 0.5) is 0 Å². The molecule has 0 spiro atoms. The highest BCUT2D eigenvalue weighted by molar-refractivity contribution is 7.10. The molecular formula is C12H19NO3S. The van der Waals surface area contributed by atoms with Crippen LogP contribution in [0, 0.1) is 0 Å². The first kappa shape index (κ1) is 14.2. The minimum absolute atomic E-state index is 0.0170. The van der Waals surface area contributed by atoms with E-state index in [2.05, 4.69) is 5.32 Å². The number of nitrogens with one attached hydrogen (secondary N) is 1. The summed E-state index contributed by atoms with van der Waals surface area (Å²) in [5.41, 5.74) is 0. The summed E-state index contributed by atoms with van der Waals surface area (Å²) in [6.07, 6.45) is 0.388. The monoisotopic (exact) mass is 257 g/mol.